The molecule has 0 bridgehead atoms. The number of benzene rings is 1. The van der Waals surface area contributed by atoms with E-state index in [0.717, 1.165) is 42.4 Å². The van der Waals surface area contributed by atoms with Crippen LogP contribution in [-0.2, 0) is 6.42 Å². The molecule has 2 aromatic heterocycles. The molecular weight excluding hydrogens is 522 g/mol. The molecule has 1 unspecified atom stereocenters. The monoisotopic (exact) mass is 546 g/mol. The van der Waals surface area contributed by atoms with Gasteiger partial charge in [0.1, 0.15) is 5.82 Å². The standard InChI is InChI=1S/C20H24Cl2N6.HI/c1-3-23-20(25-14(2)16-10-9-15(21)13-17(16)22)24-11-6-8-19-27-26-18-7-4-5-12-28(18)19;/h4-5,7,9-10,12-14H,3,6,8,11H2,1-2H3,(H2,23,24,25);1H. The Balaban J connectivity index is 0.00000300. The van der Waals surface area contributed by atoms with Crippen molar-refractivity contribution in [2.75, 3.05) is 13.1 Å². The summed E-state index contributed by atoms with van der Waals surface area (Å²) < 4.78 is 2.01. The zero-order valence-electron chi connectivity index (χ0n) is 16.4. The van der Waals surface area contributed by atoms with Crippen LogP contribution in [0.1, 0.15) is 37.7 Å². The van der Waals surface area contributed by atoms with Crippen molar-refractivity contribution in [3.8, 4) is 0 Å². The molecule has 0 spiro atoms. The minimum atomic E-state index is 0. The van der Waals surface area contributed by atoms with Crippen LogP contribution >= 0.6 is 47.2 Å². The van der Waals surface area contributed by atoms with Crippen molar-refractivity contribution in [1.29, 1.82) is 0 Å². The van der Waals surface area contributed by atoms with E-state index in [1.165, 1.54) is 0 Å². The van der Waals surface area contributed by atoms with Crippen LogP contribution in [0, 0.1) is 0 Å². The highest BCUT2D eigenvalue weighted by Gasteiger charge is 2.12. The summed E-state index contributed by atoms with van der Waals surface area (Å²) in [5.41, 5.74) is 1.84. The van der Waals surface area contributed by atoms with Crippen molar-refractivity contribution >= 4 is 58.8 Å². The molecule has 156 valence electrons. The second kappa shape index (κ2) is 11.6. The van der Waals surface area contributed by atoms with Crippen molar-refractivity contribution < 1.29 is 0 Å². The van der Waals surface area contributed by atoms with Gasteiger partial charge in [0.05, 0.1) is 6.04 Å². The molecule has 2 N–H and O–H groups in total. The molecule has 1 atom stereocenters. The number of aromatic nitrogens is 3. The van der Waals surface area contributed by atoms with Gasteiger partial charge in [0.15, 0.2) is 11.6 Å². The molecule has 0 saturated carbocycles. The number of hydrogen-bond donors (Lipinski definition) is 2. The highest BCUT2D eigenvalue weighted by molar-refractivity contribution is 14.0. The summed E-state index contributed by atoms with van der Waals surface area (Å²) in [6.07, 6.45) is 3.67. The van der Waals surface area contributed by atoms with E-state index in [1.807, 2.05) is 54.8 Å². The molecule has 0 aliphatic carbocycles. The second-order valence-electron chi connectivity index (χ2n) is 6.44. The van der Waals surface area contributed by atoms with Gasteiger partial charge in [-0.05, 0) is 50.1 Å². The van der Waals surface area contributed by atoms with Gasteiger partial charge >= 0.3 is 0 Å². The Labute approximate surface area is 198 Å². The third kappa shape index (κ3) is 6.45. The molecule has 2 heterocycles. The van der Waals surface area contributed by atoms with E-state index in [2.05, 4.69) is 25.8 Å². The topological polar surface area (TPSA) is 66.6 Å². The fourth-order valence-corrected chi connectivity index (χ4v) is 3.52. The van der Waals surface area contributed by atoms with E-state index in [1.54, 1.807) is 6.07 Å². The molecule has 0 saturated heterocycles. The summed E-state index contributed by atoms with van der Waals surface area (Å²) in [4.78, 5) is 4.67. The molecule has 9 heteroatoms. The van der Waals surface area contributed by atoms with E-state index in [0.29, 0.717) is 16.6 Å². The highest BCUT2D eigenvalue weighted by atomic mass is 127. The van der Waals surface area contributed by atoms with Crippen LogP contribution in [-0.4, -0.2) is 33.6 Å². The summed E-state index contributed by atoms with van der Waals surface area (Å²) in [5, 5.41) is 16.4. The molecule has 0 aliphatic rings. The van der Waals surface area contributed by atoms with Gasteiger partial charge in [0.2, 0.25) is 0 Å². The maximum absolute atomic E-state index is 6.32. The van der Waals surface area contributed by atoms with Crippen molar-refractivity contribution in [3.63, 3.8) is 0 Å². The van der Waals surface area contributed by atoms with Crippen LogP contribution in [0.5, 0.6) is 0 Å². The normalized spacial score (nSPS) is 12.5. The molecule has 3 aromatic rings. The lowest BCUT2D eigenvalue weighted by atomic mass is 10.1. The largest absolute Gasteiger partial charge is 0.357 e. The van der Waals surface area contributed by atoms with Gasteiger partial charge in [-0.25, -0.2) is 0 Å². The lowest BCUT2D eigenvalue weighted by Crippen LogP contribution is -2.38. The summed E-state index contributed by atoms with van der Waals surface area (Å²) in [7, 11) is 0. The van der Waals surface area contributed by atoms with Crippen LogP contribution < -0.4 is 10.6 Å². The van der Waals surface area contributed by atoms with Crippen LogP contribution in [0.3, 0.4) is 0 Å². The van der Waals surface area contributed by atoms with Gasteiger partial charge < -0.3 is 10.6 Å². The van der Waals surface area contributed by atoms with E-state index < -0.39 is 0 Å². The van der Waals surface area contributed by atoms with Crippen LogP contribution in [0.25, 0.3) is 5.65 Å². The third-order valence-electron chi connectivity index (χ3n) is 4.34. The molecular formula is C20H25Cl2IN6. The van der Waals surface area contributed by atoms with Crippen molar-refractivity contribution in [2.45, 2.75) is 32.7 Å². The number of aryl methyl sites for hydroxylation is 1. The van der Waals surface area contributed by atoms with Gasteiger partial charge in [-0.15, -0.1) is 34.2 Å². The van der Waals surface area contributed by atoms with Crippen molar-refractivity contribution in [2.24, 2.45) is 4.99 Å². The number of rotatable bonds is 7. The molecule has 1 aromatic carbocycles. The SMILES string of the molecule is CCNC(=NCCCc1nnc2ccccn12)NC(C)c1ccc(Cl)cc1Cl.I. The van der Waals surface area contributed by atoms with E-state index in [9.17, 15) is 0 Å². The number of fused-ring (bicyclic) bond motifs is 1. The molecule has 6 nitrogen and oxygen atoms in total. The van der Waals surface area contributed by atoms with E-state index >= 15 is 0 Å². The maximum atomic E-state index is 6.32. The summed E-state index contributed by atoms with van der Waals surface area (Å²) in [6, 6.07) is 11.4. The molecule has 3 rings (SSSR count). The van der Waals surface area contributed by atoms with Crippen LogP contribution in [0.2, 0.25) is 10.0 Å². The number of guanidine groups is 1. The molecule has 29 heavy (non-hydrogen) atoms. The number of hydrogen-bond acceptors (Lipinski definition) is 3. The van der Waals surface area contributed by atoms with E-state index in [-0.39, 0.29) is 30.0 Å². The average Bonchev–Trinajstić information content (AvgIpc) is 3.08. The van der Waals surface area contributed by atoms with E-state index in [4.69, 9.17) is 23.2 Å². The lowest BCUT2D eigenvalue weighted by molar-refractivity contribution is 0.681. The second-order valence-corrected chi connectivity index (χ2v) is 7.28. The zero-order chi connectivity index (χ0) is 19.9. The van der Waals surface area contributed by atoms with Crippen LogP contribution in [0.4, 0.5) is 0 Å². The lowest BCUT2D eigenvalue weighted by Gasteiger charge is -2.19. The number of aliphatic imine (C=N–C) groups is 1. The fourth-order valence-electron chi connectivity index (χ4n) is 2.94. The molecule has 0 aliphatic heterocycles. The van der Waals surface area contributed by atoms with Crippen LogP contribution in [0.15, 0.2) is 47.6 Å². The van der Waals surface area contributed by atoms with Crippen molar-refractivity contribution in [3.05, 3.63) is 64.0 Å². The fraction of sp³-hybridized carbons (Fsp3) is 0.350. The first kappa shape index (κ1) is 23.7. The Morgan fingerprint density at radius 2 is 2.03 bits per heavy atom. The van der Waals surface area contributed by atoms with Gasteiger partial charge in [0.25, 0.3) is 0 Å². The number of nitrogens with one attached hydrogen (secondary N) is 2. The quantitative estimate of drug-likeness (QED) is 0.191. The third-order valence-corrected chi connectivity index (χ3v) is 4.90. The summed E-state index contributed by atoms with van der Waals surface area (Å²) in [5.74, 6) is 1.71. The Hall–Kier alpha value is -1.58. The molecule has 0 fully saturated rings. The predicted octanol–water partition coefficient (Wildman–Crippen LogP) is 4.90. The minimum Gasteiger partial charge on any atom is -0.357 e. The van der Waals surface area contributed by atoms with Crippen molar-refractivity contribution in [1.82, 2.24) is 25.2 Å². The number of halogens is 3. The average molecular weight is 547 g/mol. The summed E-state index contributed by atoms with van der Waals surface area (Å²) >= 11 is 12.3. The Kier molecular flexibility index (Phi) is 9.45. The number of nitrogens with zero attached hydrogens (tertiary/aromatic N) is 4. The Morgan fingerprint density at radius 3 is 2.79 bits per heavy atom. The highest BCUT2D eigenvalue weighted by Crippen LogP contribution is 2.25. The Bertz CT molecular complexity index is 959. The molecule has 0 radical (unpaired) electrons. The first-order valence-electron chi connectivity index (χ1n) is 9.37. The first-order chi connectivity index (χ1) is 13.6. The van der Waals surface area contributed by atoms with Gasteiger partial charge in [-0.1, -0.05) is 35.3 Å². The zero-order valence-corrected chi connectivity index (χ0v) is 20.2. The Morgan fingerprint density at radius 1 is 1.21 bits per heavy atom. The summed E-state index contributed by atoms with van der Waals surface area (Å²) in [6.45, 7) is 5.55. The smallest absolute Gasteiger partial charge is 0.191 e. The van der Waals surface area contributed by atoms with Gasteiger partial charge in [-0.3, -0.25) is 9.39 Å². The maximum Gasteiger partial charge on any atom is 0.191 e. The molecule has 0 amide bonds. The predicted molar refractivity (Wildman–Crippen MR) is 131 cm³/mol. The first-order valence-corrected chi connectivity index (χ1v) is 10.1. The van der Waals surface area contributed by atoms with Gasteiger partial charge in [-0.2, -0.15) is 0 Å². The van der Waals surface area contributed by atoms with Gasteiger partial charge in [0, 0.05) is 35.8 Å². The number of pyridine rings is 1. The minimum absolute atomic E-state index is 0.